The zero-order chi connectivity index (χ0) is 14.0. The highest BCUT2D eigenvalue weighted by atomic mass is 19.4. The van der Waals surface area contributed by atoms with Crippen molar-refractivity contribution in [1.82, 2.24) is 4.98 Å². The molecule has 3 N–H and O–H groups in total. The normalized spacial score (nSPS) is 11.6. The predicted molar refractivity (Wildman–Crippen MR) is 65.0 cm³/mol. The minimum absolute atomic E-state index is 0.234. The molecule has 100 valence electrons. The van der Waals surface area contributed by atoms with Gasteiger partial charge in [0.15, 0.2) is 0 Å². The minimum Gasteiger partial charge on any atom is -0.397 e. The number of nitrogens with zero attached hydrogens (tertiary/aromatic N) is 1. The second kappa shape index (κ2) is 4.89. The van der Waals surface area contributed by atoms with Gasteiger partial charge < -0.3 is 10.8 Å². The molecule has 0 saturated heterocycles. The quantitative estimate of drug-likeness (QED) is 0.880. The van der Waals surface area contributed by atoms with Crippen LogP contribution in [0.3, 0.4) is 0 Å². The Kier molecular flexibility index (Phi) is 3.44. The molecule has 0 radical (unpaired) electrons. The topological polar surface area (TPSA) is 59.1 Å². The van der Waals surface area contributed by atoms with Crippen LogP contribution in [0.1, 0.15) is 11.3 Å². The lowest BCUT2D eigenvalue weighted by molar-refractivity contribution is -0.137. The van der Waals surface area contributed by atoms with Gasteiger partial charge in [0.2, 0.25) is 0 Å². The van der Waals surface area contributed by atoms with Crippen molar-refractivity contribution in [3.63, 3.8) is 0 Å². The summed E-state index contributed by atoms with van der Waals surface area (Å²) in [7, 11) is 0. The molecule has 0 amide bonds. The SMILES string of the molecule is Nc1ccc(CO)nc1-c1cccc(C(F)(F)F)c1. The lowest BCUT2D eigenvalue weighted by atomic mass is 10.1. The average molecular weight is 268 g/mol. The van der Waals surface area contributed by atoms with E-state index in [-0.39, 0.29) is 23.6 Å². The molecule has 0 bridgehead atoms. The number of anilines is 1. The fraction of sp³-hybridized carbons (Fsp3) is 0.154. The molecule has 0 atom stereocenters. The summed E-state index contributed by atoms with van der Waals surface area (Å²) in [5, 5.41) is 9.00. The number of halogens is 3. The summed E-state index contributed by atoms with van der Waals surface area (Å²) in [6, 6.07) is 7.79. The van der Waals surface area contributed by atoms with Gasteiger partial charge in [-0.15, -0.1) is 0 Å². The van der Waals surface area contributed by atoms with Crippen LogP contribution in [-0.2, 0) is 12.8 Å². The maximum absolute atomic E-state index is 12.6. The van der Waals surface area contributed by atoms with Gasteiger partial charge in [-0.3, -0.25) is 0 Å². The zero-order valence-electron chi connectivity index (χ0n) is 9.78. The van der Waals surface area contributed by atoms with Crippen LogP contribution in [0.25, 0.3) is 11.3 Å². The predicted octanol–water partition coefficient (Wildman–Crippen LogP) is 2.84. The molecule has 2 rings (SSSR count). The van der Waals surface area contributed by atoms with E-state index in [1.54, 1.807) is 0 Å². The Bertz CT molecular complexity index is 597. The van der Waals surface area contributed by atoms with Gasteiger partial charge >= 0.3 is 6.18 Å². The Hall–Kier alpha value is -2.08. The summed E-state index contributed by atoms with van der Waals surface area (Å²) in [5.74, 6) is 0. The van der Waals surface area contributed by atoms with Crippen molar-refractivity contribution in [2.24, 2.45) is 0 Å². The third-order valence-electron chi connectivity index (χ3n) is 2.61. The van der Waals surface area contributed by atoms with Crippen molar-refractivity contribution in [2.75, 3.05) is 5.73 Å². The molecule has 0 spiro atoms. The van der Waals surface area contributed by atoms with Crippen LogP contribution in [0.5, 0.6) is 0 Å². The van der Waals surface area contributed by atoms with E-state index >= 15 is 0 Å². The van der Waals surface area contributed by atoms with Crippen LogP contribution >= 0.6 is 0 Å². The number of aliphatic hydroxyl groups excluding tert-OH is 1. The van der Waals surface area contributed by atoms with E-state index in [1.165, 1.54) is 24.3 Å². The summed E-state index contributed by atoms with van der Waals surface area (Å²) in [6.07, 6.45) is -4.42. The molecule has 1 aromatic carbocycles. The van der Waals surface area contributed by atoms with Gasteiger partial charge in [-0.25, -0.2) is 4.98 Å². The summed E-state index contributed by atoms with van der Waals surface area (Å²) >= 11 is 0. The Morgan fingerprint density at radius 1 is 1.16 bits per heavy atom. The standard InChI is InChI=1S/C13H11F3N2O/c14-13(15,16)9-3-1-2-8(6-9)12-11(17)5-4-10(7-19)18-12/h1-6,19H,7,17H2. The molecule has 1 heterocycles. The molecule has 19 heavy (non-hydrogen) atoms. The number of nitrogens with two attached hydrogens (primary N) is 1. The number of rotatable bonds is 2. The third kappa shape index (κ3) is 2.85. The smallest absolute Gasteiger partial charge is 0.397 e. The molecular weight excluding hydrogens is 257 g/mol. The van der Waals surface area contributed by atoms with Crippen LogP contribution in [0.2, 0.25) is 0 Å². The molecule has 0 aliphatic rings. The van der Waals surface area contributed by atoms with E-state index < -0.39 is 11.7 Å². The summed E-state index contributed by atoms with van der Waals surface area (Å²) < 4.78 is 37.9. The second-order valence-corrected chi connectivity index (χ2v) is 3.98. The number of alkyl halides is 3. The van der Waals surface area contributed by atoms with Crippen LogP contribution in [-0.4, -0.2) is 10.1 Å². The minimum atomic E-state index is -4.42. The van der Waals surface area contributed by atoms with Gasteiger partial charge in [0, 0.05) is 5.56 Å². The van der Waals surface area contributed by atoms with Crippen LogP contribution in [0, 0.1) is 0 Å². The molecule has 1 aromatic heterocycles. The first-order valence-corrected chi connectivity index (χ1v) is 5.45. The number of aliphatic hydroxyl groups is 1. The number of hydrogen-bond acceptors (Lipinski definition) is 3. The van der Waals surface area contributed by atoms with Crippen molar-refractivity contribution < 1.29 is 18.3 Å². The van der Waals surface area contributed by atoms with Crippen molar-refractivity contribution in [1.29, 1.82) is 0 Å². The average Bonchev–Trinajstić information content (AvgIpc) is 2.38. The Morgan fingerprint density at radius 3 is 2.53 bits per heavy atom. The maximum Gasteiger partial charge on any atom is 0.416 e. The van der Waals surface area contributed by atoms with Crippen molar-refractivity contribution in [2.45, 2.75) is 12.8 Å². The Morgan fingerprint density at radius 2 is 1.89 bits per heavy atom. The zero-order valence-corrected chi connectivity index (χ0v) is 9.78. The number of hydrogen-bond donors (Lipinski definition) is 2. The number of nitrogen functional groups attached to an aromatic ring is 1. The van der Waals surface area contributed by atoms with E-state index in [9.17, 15) is 13.2 Å². The Labute approximate surface area is 107 Å². The van der Waals surface area contributed by atoms with Crippen LogP contribution in [0.15, 0.2) is 36.4 Å². The van der Waals surface area contributed by atoms with Gasteiger partial charge in [0.25, 0.3) is 0 Å². The fourth-order valence-electron chi connectivity index (χ4n) is 1.67. The summed E-state index contributed by atoms with van der Waals surface area (Å²) in [6.45, 7) is -0.299. The molecule has 0 saturated carbocycles. The molecule has 0 aliphatic heterocycles. The first-order valence-electron chi connectivity index (χ1n) is 5.45. The van der Waals surface area contributed by atoms with Gasteiger partial charge in [-0.1, -0.05) is 12.1 Å². The van der Waals surface area contributed by atoms with Gasteiger partial charge in [0.1, 0.15) is 0 Å². The lowest BCUT2D eigenvalue weighted by Gasteiger charge is -2.10. The van der Waals surface area contributed by atoms with Crippen molar-refractivity contribution >= 4 is 5.69 Å². The van der Waals surface area contributed by atoms with Crippen LogP contribution < -0.4 is 5.73 Å². The highest BCUT2D eigenvalue weighted by Gasteiger charge is 2.30. The Balaban J connectivity index is 2.53. The number of pyridine rings is 1. The second-order valence-electron chi connectivity index (χ2n) is 3.98. The van der Waals surface area contributed by atoms with Gasteiger partial charge in [-0.2, -0.15) is 13.2 Å². The molecule has 0 aliphatic carbocycles. The van der Waals surface area contributed by atoms with Crippen LogP contribution in [0.4, 0.5) is 18.9 Å². The monoisotopic (exact) mass is 268 g/mol. The van der Waals surface area contributed by atoms with Crippen molar-refractivity contribution in [3.8, 4) is 11.3 Å². The largest absolute Gasteiger partial charge is 0.416 e. The maximum atomic E-state index is 12.6. The third-order valence-corrected chi connectivity index (χ3v) is 2.61. The van der Waals surface area contributed by atoms with E-state index in [4.69, 9.17) is 10.8 Å². The lowest BCUT2D eigenvalue weighted by Crippen LogP contribution is -2.05. The number of aromatic nitrogens is 1. The van der Waals surface area contributed by atoms with E-state index in [0.717, 1.165) is 12.1 Å². The molecule has 2 aromatic rings. The first-order chi connectivity index (χ1) is 8.91. The first kappa shape index (κ1) is 13.4. The van der Waals surface area contributed by atoms with Gasteiger partial charge in [0.05, 0.1) is 29.2 Å². The highest BCUT2D eigenvalue weighted by Crippen LogP contribution is 2.33. The molecule has 0 fully saturated rings. The van der Waals surface area contributed by atoms with E-state index in [0.29, 0.717) is 5.69 Å². The summed E-state index contributed by atoms with van der Waals surface area (Å²) in [4.78, 5) is 4.04. The van der Waals surface area contributed by atoms with E-state index in [1.807, 2.05) is 0 Å². The fourth-order valence-corrected chi connectivity index (χ4v) is 1.67. The molecule has 3 nitrogen and oxygen atoms in total. The van der Waals surface area contributed by atoms with E-state index in [2.05, 4.69) is 4.98 Å². The summed E-state index contributed by atoms with van der Waals surface area (Å²) in [5.41, 5.74) is 6.06. The molecule has 6 heteroatoms. The molecule has 0 unspecified atom stereocenters. The van der Waals surface area contributed by atoms with Crippen molar-refractivity contribution in [3.05, 3.63) is 47.7 Å². The molecular formula is C13H11F3N2O. The number of benzene rings is 1. The highest BCUT2D eigenvalue weighted by molar-refractivity contribution is 5.73. The van der Waals surface area contributed by atoms with Gasteiger partial charge in [-0.05, 0) is 24.3 Å².